The van der Waals surface area contributed by atoms with Crippen LogP contribution in [0.4, 0.5) is 10.8 Å². The number of benzene rings is 2. The van der Waals surface area contributed by atoms with E-state index in [4.69, 9.17) is 0 Å². The fourth-order valence-corrected chi connectivity index (χ4v) is 4.81. The molecule has 2 amide bonds. The number of non-ortho nitro benzene ring substituents is 1. The van der Waals surface area contributed by atoms with Gasteiger partial charge in [-0.3, -0.25) is 19.7 Å². The third-order valence-corrected chi connectivity index (χ3v) is 6.71. The summed E-state index contributed by atoms with van der Waals surface area (Å²) in [4.78, 5) is 39.7. The standard InChI is InChI=1S/C23H21N7O4S2/c1-2-29-19(12-24-21(32)16-9-6-10-17(11-16)30(33)34)27-28-23(29)36-14-20(31)26-22-25-18(13-35-22)15-7-4-3-5-8-15/h3-11,13H,2,12,14H2,1H3,(H,24,32)(H,25,26,31). The Morgan fingerprint density at radius 2 is 1.94 bits per heavy atom. The SMILES string of the molecule is CCn1c(CNC(=O)c2cccc([N+](=O)[O-])c2)nnc1SCC(=O)Nc1nc(-c2ccccc2)cs1. The van der Waals surface area contributed by atoms with Crippen LogP contribution in [-0.2, 0) is 17.9 Å². The Hall–Kier alpha value is -4.10. The van der Waals surface area contributed by atoms with Crippen LogP contribution in [-0.4, -0.2) is 42.2 Å². The summed E-state index contributed by atoms with van der Waals surface area (Å²) in [5.41, 5.74) is 1.79. The van der Waals surface area contributed by atoms with E-state index >= 15 is 0 Å². The molecule has 4 aromatic rings. The number of nitro benzene ring substituents is 1. The second-order valence-corrected chi connectivity index (χ2v) is 9.17. The molecule has 0 spiro atoms. The number of nitrogens with one attached hydrogen (secondary N) is 2. The van der Waals surface area contributed by atoms with E-state index in [2.05, 4.69) is 25.8 Å². The van der Waals surface area contributed by atoms with Crippen LogP contribution in [0.3, 0.4) is 0 Å². The van der Waals surface area contributed by atoms with Crippen molar-refractivity contribution in [3.05, 3.63) is 81.5 Å². The molecule has 11 nitrogen and oxygen atoms in total. The van der Waals surface area contributed by atoms with Gasteiger partial charge in [-0.2, -0.15) is 0 Å². The lowest BCUT2D eigenvalue weighted by Crippen LogP contribution is -2.25. The quantitative estimate of drug-likeness (QED) is 0.180. The van der Waals surface area contributed by atoms with Gasteiger partial charge in [-0.15, -0.1) is 21.5 Å². The molecule has 0 bridgehead atoms. The monoisotopic (exact) mass is 523 g/mol. The first-order chi connectivity index (χ1) is 17.4. The summed E-state index contributed by atoms with van der Waals surface area (Å²) < 4.78 is 1.79. The predicted molar refractivity (Wildman–Crippen MR) is 137 cm³/mol. The molecule has 2 aromatic carbocycles. The van der Waals surface area contributed by atoms with E-state index in [1.54, 1.807) is 4.57 Å². The van der Waals surface area contributed by atoms with Gasteiger partial charge in [0, 0.05) is 35.2 Å². The van der Waals surface area contributed by atoms with E-state index in [0.717, 1.165) is 11.3 Å². The van der Waals surface area contributed by atoms with Crippen LogP contribution in [0.5, 0.6) is 0 Å². The number of carbonyl (C=O) groups excluding carboxylic acids is 2. The molecule has 2 N–H and O–H groups in total. The zero-order valence-electron chi connectivity index (χ0n) is 19.1. The van der Waals surface area contributed by atoms with Gasteiger partial charge in [-0.1, -0.05) is 48.2 Å². The Labute approximate surface area is 214 Å². The minimum Gasteiger partial charge on any atom is -0.345 e. The molecule has 2 aromatic heterocycles. The summed E-state index contributed by atoms with van der Waals surface area (Å²) in [6.45, 7) is 2.52. The van der Waals surface area contributed by atoms with E-state index in [1.165, 1.54) is 47.4 Å². The third-order valence-electron chi connectivity index (χ3n) is 4.99. The van der Waals surface area contributed by atoms with Crippen molar-refractivity contribution in [2.24, 2.45) is 0 Å². The highest BCUT2D eigenvalue weighted by molar-refractivity contribution is 7.99. The van der Waals surface area contributed by atoms with Crippen LogP contribution in [0.25, 0.3) is 11.3 Å². The van der Waals surface area contributed by atoms with Gasteiger partial charge in [-0.25, -0.2) is 4.98 Å². The molecule has 0 aliphatic carbocycles. The van der Waals surface area contributed by atoms with Gasteiger partial charge in [0.05, 0.1) is 22.9 Å². The molecule has 36 heavy (non-hydrogen) atoms. The van der Waals surface area contributed by atoms with Gasteiger partial charge >= 0.3 is 0 Å². The Morgan fingerprint density at radius 3 is 2.69 bits per heavy atom. The number of anilines is 1. The molecular weight excluding hydrogens is 502 g/mol. The minimum atomic E-state index is -0.555. The maximum absolute atomic E-state index is 12.5. The number of nitrogens with zero attached hydrogens (tertiary/aromatic N) is 5. The molecule has 184 valence electrons. The number of hydrogen-bond acceptors (Lipinski definition) is 9. The van der Waals surface area contributed by atoms with Crippen molar-refractivity contribution in [2.75, 3.05) is 11.1 Å². The molecular formula is C23H21N7O4S2. The van der Waals surface area contributed by atoms with E-state index < -0.39 is 10.8 Å². The third kappa shape index (κ3) is 6.12. The van der Waals surface area contributed by atoms with Crippen molar-refractivity contribution < 1.29 is 14.5 Å². The van der Waals surface area contributed by atoms with E-state index in [9.17, 15) is 19.7 Å². The van der Waals surface area contributed by atoms with Crippen LogP contribution < -0.4 is 10.6 Å². The van der Waals surface area contributed by atoms with E-state index in [1.807, 2.05) is 42.6 Å². The van der Waals surface area contributed by atoms with Crippen molar-refractivity contribution in [2.45, 2.75) is 25.2 Å². The summed E-state index contributed by atoms with van der Waals surface area (Å²) >= 11 is 2.58. The highest BCUT2D eigenvalue weighted by Gasteiger charge is 2.16. The highest BCUT2D eigenvalue weighted by Crippen LogP contribution is 2.25. The van der Waals surface area contributed by atoms with Crippen LogP contribution in [0.15, 0.2) is 65.1 Å². The maximum Gasteiger partial charge on any atom is 0.270 e. The van der Waals surface area contributed by atoms with Crippen LogP contribution in [0.2, 0.25) is 0 Å². The molecule has 2 heterocycles. The Balaban J connectivity index is 1.32. The lowest BCUT2D eigenvalue weighted by molar-refractivity contribution is -0.384. The maximum atomic E-state index is 12.5. The van der Waals surface area contributed by atoms with Gasteiger partial charge in [0.2, 0.25) is 5.91 Å². The average Bonchev–Trinajstić information content (AvgIpc) is 3.53. The summed E-state index contributed by atoms with van der Waals surface area (Å²) in [6, 6.07) is 15.2. The molecule has 0 atom stereocenters. The lowest BCUT2D eigenvalue weighted by atomic mass is 10.2. The number of carbonyl (C=O) groups is 2. The minimum absolute atomic E-state index is 0.0799. The van der Waals surface area contributed by atoms with Gasteiger partial charge < -0.3 is 15.2 Å². The second-order valence-electron chi connectivity index (χ2n) is 7.37. The van der Waals surface area contributed by atoms with Crippen LogP contribution >= 0.6 is 23.1 Å². The molecule has 0 saturated carbocycles. The van der Waals surface area contributed by atoms with Gasteiger partial charge in [0.25, 0.3) is 11.6 Å². The summed E-state index contributed by atoms with van der Waals surface area (Å²) in [5, 5.41) is 27.6. The summed E-state index contributed by atoms with van der Waals surface area (Å²) in [5.74, 6) is -0.0682. The summed E-state index contributed by atoms with van der Waals surface area (Å²) in [6.07, 6.45) is 0. The number of hydrogen-bond donors (Lipinski definition) is 2. The largest absolute Gasteiger partial charge is 0.345 e. The summed E-state index contributed by atoms with van der Waals surface area (Å²) in [7, 11) is 0. The Kier molecular flexibility index (Phi) is 8.02. The van der Waals surface area contributed by atoms with Crippen LogP contribution in [0, 0.1) is 10.1 Å². The molecule has 0 unspecified atom stereocenters. The number of thiazole rings is 1. The number of rotatable bonds is 10. The fraction of sp³-hybridized carbons (Fsp3) is 0.174. The molecule has 0 aliphatic rings. The predicted octanol–water partition coefficient (Wildman–Crippen LogP) is 3.99. The zero-order chi connectivity index (χ0) is 25.5. The van der Waals surface area contributed by atoms with Gasteiger partial charge in [0.15, 0.2) is 16.1 Å². The molecule has 4 rings (SSSR count). The Morgan fingerprint density at radius 1 is 1.14 bits per heavy atom. The Bertz CT molecular complexity index is 1390. The lowest BCUT2D eigenvalue weighted by Gasteiger charge is -2.08. The average molecular weight is 524 g/mol. The number of nitro groups is 1. The van der Waals surface area contributed by atoms with E-state index in [-0.39, 0.29) is 29.5 Å². The second kappa shape index (κ2) is 11.6. The first kappa shape index (κ1) is 25.0. The number of amides is 2. The van der Waals surface area contributed by atoms with Crippen molar-refractivity contribution in [3.8, 4) is 11.3 Å². The smallest absolute Gasteiger partial charge is 0.270 e. The molecule has 0 radical (unpaired) electrons. The van der Waals surface area contributed by atoms with Crippen molar-refractivity contribution in [1.82, 2.24) is 25.1 Å². The molecule has 13 heteroatoms. The van der Waals surface area contributed by atoms with Gasteiger partial charge in [-0.05, 0) is 13.0 Å². The highest BCUT2D eigenvalue weighted by atomic mass is 32.2. The number of aromatic nitrogens is 4. The zero-order valence-corrected chi connectivity index (χ0v) is 20.7. The van der Waals surface area contributed by atoms with Crippen molar-refractivity contribution in [1.29, 1.82) is 0 Å². The first-order valence-electron chi connectivity index (χ1n) is 10.8. The van der Waals surface area contributed by atoms with Crippen molar-refractivity contribution >= 4 is 45.7 Å². The number of thioether (sulfide) groups is 1. The van der Waals surface area contributed by atoms with Crippen LogP contribution in [0.1, 0.15) is 23.1 Å². The van der Waals surface area contributed by atoms with Crippen molar-refractivity contribution in [3.63, 3.8) is 0 Å². The topological polar surface area (TPSA) is 145 Å². The fourth-order valence-electron chi connectivity index (χ4n) is 3.25. The van der Waals surface area contributed by atoms with E-state index in [0.29, 0.717) is 22.7 Å². The van der Waals surface area contributed by atoms with Gasteiger partial charge in [0.1, 0.15) is 0 Å². The molecule has 0 fully saturated rings. The molecule has 0 saturated heterocycles. The normalized spacial score (nSPS) is 10.7. The first-order valence-corrected chi connectivity index (χ1v) is 12.7. The molecule has 0 aliphatic heterocycles.